The fourth-order valence-electron chi connectivity index (χ4n) is 3.46. The van der Waals surface area contributed by atoms with Crippen molar-refractivity contribution in [3.8, 4) is 22.8 Å². The molecule has 0 radical (unpaired) electrons. The van der Waals surface area contributed by atoms with Gasteiger partial charge in [0.05, 0.1) is 18.4 Å². The lowest BCUT2D eigenvalue weighted by Gasteiger charge is -2.05. The van der Waals surface area contributed by atoms with E-state index in [1.807, 2.05) is 38.1 Å². The second-order valence-electron chi connectivity index (χ2n) is 6.78. The highest BCUT2D eigenvalue weighted by Crippen LogP contribution is 2.29. The van der Waals surface area contributed by atoms with Gasteiger partial charge in [-0.05, 0) is 30.7 Å². The summed E-state index contributed by atoms with van der Waals surface area (Å²) in [6.07, 6.45) is 2.31. The van der Waals surface area contributed by atoms with E-state index in [1.54, 1.807) is 23.9 Å². The van der Waals surface area contributed by atoms with Gasteiger partial charge in [-0.25, -0.2) is 9.08 Å². The first-order valence-corrected chi connectivity index (χ1v) is 9.44. The maximum absolute atomic E-state index is 13.0. The molecule has 5 rings (SSSR count). The molecule has 0 aliphatic heterocycles. The summed E-state index contributed by atoms with van der Waals surface area (Å²) in [7, 11) is 1.63. The van der Waals surface area contributed by atoms with Crippen LogP contribution in [0.3, 0.4) is 0 Å². The molecule has 10 heteroatoms. The van der Waals surface area contributed by atoms with Crippen molar-refractivity contribution in [1.82, 2.24) is 39.6 Å². The molecule has 4 heterocycles. The molecule has 0 amide bonds. The highest BCUT2D eigenvalue weighted by molar-refractivity contribution is 5.84. The van der Waals surface area contributed by atoms with Crippen molar-refractivity contribution in [3.05, 3.63) is 58.4 Å². The summed E-state index contributed by atoms with van der Waals surface area (Å²) in [5.41, 5.74) is 3.56. The van der Waals surface area contributed by atoms with Gasteiger partial charge in [-0.3, -0.25) is 9.89 Å². The zero-order valence-electron chi connectivity index (χ0n) is 16.6. The summed E-state index contributed by atoms with van der Waals surface area (Å²) in [5, 5.41) is 20.1. The fraction of sp³-hybridized carbons (Fsp3) is 0.200. The van der Waals surface area contributed by atoms with Gasteiger partial charge in [0.25, 0.3) is 11.5 Å². The number of nitrogens with one attached hydrogen (secondary N) is 1. The zero-order valence-corrected chi connectivity index (χ0v) is 16.6. The SMILES string of the molecule is CCc1nc(-n2ccc3c(nnc4c(-c5ccc(OC)cc5)c(C)nn43)c2=O)n[nH]1. The first-order chi connectivity index (χ1) is 14.6. The Kier molecular flexibility index (Phi) is 4.05. The van der Waals surface area contributed by atoms with Crippen LogP contribution in [0.2, 0.25) is 0 Å². The molecule has 1 aromatic carbocycles. The number of aryl methyl sites for hydroxylation is 2. The molecular formula is C20H18N8O2. The van der Waals surface area contributed by atoms with Crippen LogP contribution in [0.15, 0.2) is 41.3 Å². The molecule has 0 saturated carbocycles. The van der Waals surface area contributed by atoms with Crippen molar-refractivity contribution in [2.24, 2.45) is 0 Å². The van der Waals surface area contributed by atoms with Crippen molar-refractivity contribution >= 4 is 16.7 Å². The summed E-state index contributed by atoms with van der Waals surface area (Å²) < 4.78 is 8.23. The second-order valence-corrected chi connectivity index (χ2v) is 6.78. The van der Waals surface area contributed by atoms with Crippen molar-refractivity contribution in [2.45, 2.75) is 20.3 Å². The molecule has 10 nitrogen and oxygen atoms in total. The van der Waals surface area contributed by atoms with Gasteiger partial charge >= 0.3 is 0 Å². The number of nitrogens with zero attached hydrogens (tertiary/aromatic N) is 7. The Balaban J connectivity index is 1.70. The first kappa shape index (κ1) is 18.0. The van der Waals surface area contributed by atoms with Crippen molar-refractivity contribution in [1.29, 1.82) is 0 Å². The molecule has 0 saturated heterocycles. The maximum atomic E-state index is 13.0. The minimum Gasteiger partial charge on any atom is -0.497 e. The molecule has 150 valence electrons. The minimum atomic E-state index is -0.359. The number of H-pyrrole nitrogens is 1. The lowest BCUT2D eigenvalue weighted by atomic mass is 10.1. The second kappa shape index (κ2) is 6.76. The van der Waals surface area contributed by atoms with Crippen LogP contribution in [-0.2, 0) is 6.42 Å². The highest BCUT2D eigenvalue weighted by atomic mass is 16.5. The lowest BCUT2D eigenvalue weighted by Crippen LogP contribution is -2.21. The number of benzene rings is 1. The van der Waals surface area contributed by atoms with Gasteiger partial charge < -0.3 is 4.74 Å². The number of fused-ring (bicyclic) bond motifs is 3. The average Bonchev–Trinajstić information content (AvgIpc) is 3.38. The molecule has 0 atom stereocenters. The van der Waals surface area contributed by atoms with Crippen LogP contribution < -0.4 is 10.3 Å². The van der Waals surface area contributed by atoms with Gasteiger partial charge in [0.2, 0.25) is 0 Å². The molecule has 30 heavy (non-hydrogen) atoms. The number of aromatic amines is 1. The summed E-state index contributed by atoms with van der Waals surface area (Å²) in [5.74, 6) is 1.74. The predicted molar refractivity (Wildman–Crippen MR) is 110 cm³/mol. The number of hydrogen-bond donors (Lipinski definition) is 1. The highest BCUT2D eigenvalue weighted by Gasteiger charge is 2.18. The van der Waals surface area contributed by atoms with E-state index in [2.05, 4.69) is 30.5 Å². The van der Waals surface area contributed by atoms with E-state index < -0.39 is 0 Å². The van der Waals surface area contributed by atoms with E-state index in [9.17, 15) is 4.79 Å². The van der Waals surface area contributed by atoms with E-state index >= 15 is 0 Å². The molecule has 0 spiro atoms. The third kappa shape index (κ3) is 2.65. The molecule has 5 aromatic rings. The van der Waals surface area contributed by atoms with Gasteiger partial charge in [-0.2, -0.15) is 10.1 Å². The normalized spacial score (nSPS) is 11.4. The quantitative estimate of drug-likeness (QED) is 0.489. The van der Waals surface area contributed by atoms with Crippen LogP contribution in [0.1, 0.15) is 18.4 Å². The van der Waals surface area contributed by atoms with Crippen LogP contribution in [-0.4, -0.2) is 46.7 Å². The first-order valence-electron chi connectivity index (χ1n) is 9.44. The standard InChI is InChI=1S/C20H18N8O2/c1-4-15-21-20(25-22-15)27-10-9-14-17(19(27)29)23-24-18-16(11(2)26-28(14)18)12-5-7-13(30-3)8-6-12/h5-10H,4H2,1-3H3,(H,21,22,25). The summed E-state index contributed by atoms with van der Waals surface area (Å²) in [6, 6.07) is 9.42. The molecule has 0 bridgehead atoms. The predicted octanol–water partition coefficient (Wildman–Crippen LogP) is 2.09. The molecule has 1 N–H and O–H groups in total. The van der Waals surface area contributed by atoms with E-state index in [-0.39, 0.29) is 17.0 Å². The third-order valence-corrected chi connectivity index (χ3v) is 5.00. The molecule has 0 aliphatic rings. The minimum absolute atomic E-state index is 0.191. The number of pyridine rings is 1. The number of aromatic nitrogens is 8. The largest absolute Gasteiger partial charge is 0.497 e. The van der Waals surface area contributed by atoms with Gasteiger partial charge in [0, 0.05) is 12.6 Å². The van der Waals surface area contributed by atoms with Crippen LogP contribution >= 0.6 is 0 Å². The smallest absolute Gasteiger partial charge is 0.287 e. The van der Waals surface area contributed by atoms with Crippen molar-refractivity contribution in [2.75, 3.05) is 7.11 Å². The summed E-state index contributed by atoms with van der Waals surface area (Å²) in [6.45, 7) is 3.86. The van der Waals surface area contributed by atoms with Crippen LogP contribution in [0.4, 0.5) is 0 Å². The number of rotatable bonds is 4. The number of methoxy groups -OCH3 is 1. The van der Waals surface area contributed by atoms with E-state index in [1.165, 1.54) is 4.57 Å². The van der Waals surface area contributed by atoms with E-state index in [0.717, 1.165) is 22.6 Å². The third-order valence-electron chi connectivity index (χ3n) is 5.00. The lowest BCUT2D eigenvalue weighted by molar-refractivity contribution is 0.415. The summed E-state index contributed by atoms with van der Waals surface area (Å²) in [4.78, 5) is 17.3. The van der Waals surface area contributed by atoms with E-state index in [4.69, 9.17) is 4.74 Å². The zero-order chi connectivity index (χ0) is 20.8. The fourth-order valence-corrected chi connectivity index (χ4v) is 3.46. The molecule has 0 unspecified atom stereocenters. The summed E-state index contributed by atoms with van der Waals surface area (Å²) >= 11 is 0. The Bertz CT molecular complexity index is 1450. The van der Waals surface area contributed by atoms with Gasteiger partial charge in [0.15, 0.2) is 11.2 Å². The van der Waals surface area contributed by atoms with Crippen molar-refractivity contribution in [3.63, 3.8) is 0 Å². The Labute approximate surface area is 170 Å². The Morgan fingerprint density at radius 3 is 2.63 bits per heavy atom. The monoisotopic (exact) mass is 402 g/mol. The Hall–Kier alpha value is -4.08. The average molecular weight is 402 g/mol. The number of hydrogen-bond acceptors (Lipinski definition) is 7. The Morgan fingerprint density at radius 2 is 1.93 bits per heavy atom. The number of ether oxygens (including phenoxy) is 1. The van der Waals surface area contributed by atoms with Crippen molar-refractivity contribution < 1.29 is 4.74 Å². The van der Waals surface area contributed by atoms with Crippen LogP contribution in [0.5, 0.6) is 5.75 Å². The van der Waals surface area contributed by atoms with Gasteiger partial charge in [0.1, 0.15) is 17.1 Å². The topological polar surface area (TPSA) is 116 Å². The molecule has 0 aliphatic carbocycles. The maximum Gasteiger partial charge on any atom is 0.287 e. The molecular weight excluding hydrogens is 384 g/mol. The van der Waals surface area contributed by atoms with Crippen LogP contribution in [0.25, 0.3) is 33.8 Å². The van der Waals surface area contributed by atoms with Gasteiger partial charge in [-0.15, -0.1) is 15.3 Å². The van der Waals surface area contributed by atoms with Crippen LogP contribution in [0, 0.1) is 6.92 Å². The van der Waals surface area contributed by atoms with Gasteiger partial charge in [-0.1, -0.05) is 19.1 Å². The Morgan fingerprint density at radius 1 is 1.13 bits per heavy atom. The molecule has 4 aromatic heterocycles. The van der Waals surface area contributed by atoms with E-state index in [0.29, 0.717) is 23.4 Å². The molecule has 0 fully saturated rings.